The van der Waals surface area contributed by atoms with Crippen molar-refractivity contribution >= 4 is 12.1 Å². The molecular formula is C15H28N2O4. The van der Waals surface area contributed by atoms with Crippen molar-refractivity contribution in [1.29, 1.82) is 0 Å². The molecule has 0 unspecified atom stereocenters. The fourth-order valence-electron chi connectivity index (χ4n) is 1.95. The molecule has 6 nitrogen and oxygen atoms in total. The third-order valence-corrected chi connectivity index (χ3v) is 3.03. The van der Waals surface area contributed by atoms with Crippen LogP contribution in [0, 0.1) is 5.41 Å². The van der Waals surface area contributed by atoms with Gasteiger partial charge in [-0.1, -0.05) is 0 Å². The van der Waals surface area contributed by atoms with E-state index in [9.17, 15) is 9.59 Å². The van der Waals surface area contributed by atoms with Crippen LogP contribution in [0.25, 0.3) is 0 Å². The molecule has 1 amide bonds. The highest BCUT2D eigenvalue weighted by Crippen LogP contribution is 2.30. The van der Waals surface area contributed by atoms with Gasteiger partial charge in [-0.05, 0) is 48.0 Å². The number of ether oxygens (including phenoxy) is 2. The highest BCUT2D eigenvalue weighted by Gasteiger charge is 2.46. The first-order valence-corrected chi connectivity index (χ1v) is 7.35. The smallest absolute Gasteiger partial charge is 0.407 e. The van der Waals surface area contributed by atoms with Crippen LogP contribution in [0.15, 0.2) is 0 Å². The highest BCUT2D eigenvalue weighted by atomic mass is 16.6. The second-order valence-electron chi connectivity index (χ2n) is 7.56. The molecule has 0 saturated carbocycles. The number of esters is 1. The van der Waals surface area contributed by atoms with E-state index in [2.05, 4.69) is 10.6 Å². The molecule has 0 spiro atoms. The van der Waals surface area contributed by atoms with Gasteiger partial charge in [-0.3, -0.25) is 4.79 Å². The Morgan fingerprint density at radius 2 is 1.57 bits per heavy atom. The van der Waals surface area contributed by atoms with Crippen LogP contribution >= 0.6 is 0 Å². The van der Waals surface area contributed by atoms with Gasteiger partial charge in [0.2, 0.25) is 0 Å². The molecule has 1 fully saturated rings. The fourth-order valence-corrected chi connectivity index (χ4v) is 1.95. The quantitative estimate of drug-likeness (QED) is 0.775. The molecule has 6 heteroatoms. The average molecular weight is 300 g/mol. The van der Waals surface area contributed by atoms with Crippen molar-refractivity contribution in [2.24, 2.45) is 5.41 Å². The van der Waals surface area contributed by atoms with Gasteiger partial charge in [0, 0.05) is 19.6 Å². The molecule has 1 aliphatic heterocycles. The summed E-state index contributed by atoms with van der Waals surface area (Å²) in [4.78, 5) is 23.8. The van der Waals surface area contributed by atoms with E-state index in [-0.39, 0.29) is 5.97 Å². The number of hydrogen-bond donors (Lipinski definition) is 2. The lowest BCUT2D eigenvalue weighted by atomic mass is 9.78. The maximum Gasteiger partial charge on any atom is 0.407 e. The van der Waals surface area contributed by atoms with E-state index in [1.54, 1.807) is 0 Å². The highest BCUT2D eigenvalue weighted by molar-refractivity contribution is 5.79. The van der Waals surface area contributed by atoms with E-state index in [4.69, 9.17) is 9.47 Å². The molecule has 122 valence electrons. The third kappa shape index (κ3) is 5.91. The van der Waals surface area contributed by atoms with Crippen LogP contribution in [0.4, 0.5) is 4.79 Å². The molecule has 21 heavy (non-hydrogen) atoms. The Labute approximate surface area is 126 Å². The summed E-state index contributed by atoms with van der Waals surface area (Å²) in [5, 5.41) is 5.78. The molecule has 0 atom stereocenters. The molecule has 1 heterocycles. The van der Waals surface area contributed by atoms with Gasteiger partial charge < -0.3 is 20.1 Å². The van der Waals surface area contributed by atoms with E-state index in [0.717, 1.165) is 0 Å². The summed E-state index contributed by atoms with van der Waals surface area (Å²) in [6.45, 7) is 12.5. The van der Waals surface area contributed by atoms with Crippen LogP contribution in [0.5, 0.6) is 0 Å². The summed E-state index contributed by atoms with van der Waals surface area (Å²) in [6.07, 6.45) is 0.0721. The number of nitrogens with one attached hydrogen (secondary N) is 2. The maximum absolute atomic E-state index is 12.3. The second kappa shape index (κ2) is 6.22. The number of rotatable bonds is 4. The van der Waals surface area contributed by atoms with Crippen LogP contribution in [-0.4, -0.2) is 42.9 Å². The molecule has 0 aromatic rings. The van der Waals surface area contributed by atoms with Gasteiger partial charge in [-0.25, -0.2) is 4.79 Å². The molecular weight excluding hydrogens is 272 g/mol. The third-order valence-electron chi connectivity index (χ3n) is 3.03. The number of carbonyl (C=O) groups excluding carboxylic acids is 2. The predicted octanol–water partition coefficient (Wildman–Crippen LogP) is 1.83. The predicted molar refractivity (Wildman–Crippen MR) is 80.0 cm³/mol. The van der Waals surface area contributed by atoms with E-state index in [1.807, 2.05) is 41.5 Å². The Kier molecular flexibility index (Phi) is 5.25. The second-order valence-corrected chi connectivity index (χ2v) is 7.56. The zero-order chi connectivity index (χ0) is 16.3. The largest absolute Gasteiger partial charge is 0.459 e. The zero-order valence-corrected chi connectivity index (χ0v) is 14.0. The molecule has 0 bridgehead atoms. The van der Waals surface area contributed by atoms with Gasteiger partial charge >= 0.3 is 12.1 Å². The standard InChI is InChI=1S/C15H28N2O4/c1-13(2,3)20-11(18)15(9-16-10-15)7-8-17-12(19)21-14(4,5)6/h16H,7-10H2,1-6H3,(H,17,19). The van der Waals surface area contributed by atoms with Crippen molar-refractivity contribution in [3.8, 4) is 0 Å². The van der Waals surface area contributed by atoms with Gasteiger partial charge in [0.15, 0.2) is 0 Å². The van der Waals surface area contributed by atoms with Crippen molar-refractivity contribution in [2.75, 3.05) is 19.6 Å². The van der Waals surface area contributed by atoms with Crippen molar-refractivity contribution in [3.05, 3.63) is 0 Å². The molecule has 1 saturated heterocycles. The minimum Gasteiger partial charge on any atom is -0.459 e. The van der Waals surface area contributed by atoms with Gasteiger partial charge in [0.05, 0.1) is 5.41 Å². The molecule has 0 aliphatic carbocycles. The van der Waals surface area contributed by atoms with E-state index < -0.39 is 22.7 Å². The van der Waals surface area contributed by atoms with Crippen LogP contribution in [0.1, 0.15) is 48.0 Å². The fraction of sp³-hybridized carbons (Fsp3) is 0.867. The van der Waals surface area contributed by atoms with Crippen LogP contribution in [0.2, 0.25) is 0 Å². The first-order valence-electron chi connectivity index (χ1n) is 7.35. The normalized spacial score (nSPS) is 17.6. The maximum atomic E-state index is 12.3. The summed E-state index contributed by atoms with van der Waals surface area (Å²) in [7, 11) is 0. The Balaban J connectivity index is 2.44. The van der Waals surface area contributed by atoms with Gasteiger partial charge in [0.1, 0.15) is 11.2 Å². The summed E-state index contributed by atoms with van der Waals surface area (Å²) < 4.78 is 10.6. The van der Waals surface area contributed by atoms with Crippen molar-refractivity contribution in [3.63, 3.8) is 0 Å². The van der Waals surface area contributed by atoms with Crippen molar-refractivity contribution in [1.82, 2.24) is 10.6 Å². The SMILES string of the molecule is CC(C)(C)OC(=O)NCCC1(C(=O)OC(C)(C)C)CNC1. The number of amides is 1. The van der Waals surface area contributed by atoms with Crippen LogP contribution in [-0.2, 0) is 14.3 Å². The number of hydrogen-bond acceptors (Lipinski definition) is 5. The molecule has 1 aliphatic rings. The minimum absolute atomic E-state index is 0.209. The Morgan fingerprint density at radius 1 is 1.05 bits per heavy atom. The zero-order valence-electron chi connectivity index (χ0n) is 14.0. The summed E-state index contributed by atoms with van der Waals surface area (Å²) >= 11 is 0. The molecule has 0 aromatic heterocycles. The molecule has 1 rings (SSSR count). The average Bonchev–Trinajstić information content (AvgIpc) is 2.16. The monoisotopic (exact) mass is 300 g/mol. The lowest BCUT2D eigenvalue weighted by molar-refractivity contribution is -0.171. The van der Waals surface area contributed by atoms with E-state index >= 15 is 0 Å². The van der Waals surface area contributed by atoms with Gasteiger partial charge in [-0.2, -0.15) is 0 Å². The first kappa shape index (κ1) is 17.8. The topological polar surface area (TPSA) is 76.7 Å². The lowest BCUT2D eigenvalue weighted by Crippen LogP contribution is -2.60. The summed E-state index contributed by atoms with van der Waals surface area (Å²) in [5.41, 5.74) is -1.56. The summed E-state index contributed by atoms with van der Waals surface area (Å²) in [5.74, 6) is -0.209. The van der Waals surface area contributed by atoms with Crippen molar-refractivity contribution < 1.29 is 19.1 Å². The minimum atomic E-state index is -0.539. The van der Waals surface area contributed by atoms with Crippen molar-refractivity contribution in [2.45, 2.75) is 59.2 Å². The summed E-state index contributed by atoms with van der Waals surface area (Å²) in [6, 6.07) is 0. The molecule has 2 N–H and O–H groups in total. The number of alkyl carbamates (subject to hydrolysis) is 1. The van der Waals surface area contributed by atoms with E-state index in [0.29, 0.717) is 26.1 Å². The van der Waals surface area contributed by atoms with Crippen LogP contribution in [0.3, 0.4) is 0 Å². The molecule has 0 radical (unpaired) electrons. The van der Waals surface area contributed by atoms with Crippen LogP contribution < -0.4 is 10.6 Å². The Bertz CT molecular complexity index is 389. The molecule has 0 aromatic carbocycles. The van der Waals surface area contributed by atoms with Gasteiger partial charge in [-0.15, -0.1) is 0 Å². The Morgan fingerprint density at radius 3 is 1.95 bits per heavy atom. The Hall–Kier alpha value is -1.30. The number of carbonyl (C=O) groups is 2. The van der Waals surface area contributed by atoms with Gasteiger partial charge in [0.25, 0.3) is 0 Å². The van der Waals surface area contributed by atoms with E-state index in [1.165, 1.54) is 0 Å². The lowest BCUT2D eigenvalue weighted by Gasteiger charge is -2.41. The first-order chi connectivity index (χ1) is 9.44.